The third-order valence-electron chi connectivity index (χ3n) is 8.77. The Labute approximate surface area is 239 Å². The molecular formula is C33H46N2O5. The Hall–Kier alpha value is -3.22. The number of ether oxygens (including phenoxy) is 3. The zero-order chi connectivity index (χ0) is 29.1. The van der Waals surface area contributed by atoms with Crippen molar-refractivity contribution in [2.75, 3.05) is 25.6 Å². The SMILES string of the molecule is CCN(C(=O)OCc1ccccc1)[C@H]1Cc2cc(N(C)C(=O)OC(C)(C)C)c(OC)cc2[C@]2(CC)CCCCC12. The van der Waals surface area contributed by atoms with Gasteiger partial charge in [0.15, 0.2) is 0 Å². The van der Waals surface area contributed by atoms with E-state index in [-0.39, 0.29) is 24.2 Å². The van der Waals surface area contributed by atoms with Crippen LogP contribution in [0.4, 0.5) is 15.3 Å². The Bertz CT molecular complexity index is 1190. The van der Waals surface area contributed by atoms with Gasteiger partial charge in [-0.25, -0.2) is 9.59 Å². The van der Waals surface area contributed by atoms with E-state index >= 15 is 0 Å². The van der Waals surface area contributed by atoms with Crippen LogP contribution in [0.5, 0.6) is 5.75 Å². The third kappa shape index (κ3) is 5.93. The predicted octanol–water partition coefficient (Wildman–Crippen LogP) is 7.49. The molecule has 2 aliphatic rings. The van der Waals surface area contributed by atoms with Crippen LogP contribution in [0.15, 0.2) is 42.5 Å². The molecule has 1 fully saturated rings. The first-order chi connectivity index (χ1) is 19.0. The topological polar surface area (TPSA) is 68.3 Å². The Morgan fingerprint density at radius 2 is 1.77 bits per heavy atom. The maximum atomic E-state index is 13.5. The quantitative estimate of drug-likeness (QED) is 0.357. The van der Waals surface area contributed by atoms with Crippen LogP contribution in [0.3, 0.4) is 0 Å². The van der Waals surface area contributed by atoms with Crippen LogP contribution >= 0.6 is 0 Å². The van der Waals surface area contributed by atoms with Gasteiger partial charge in [0.25, 0.3) is 0 Å². The second kappa shape index (κ2) is 12.1. The van der Waals surface area contributed by atoms with Crippen molar-refractivity contribution in [2.24, 2.45) is 5.92 Å². The normalized spacial score (nSPS) is 22.0. The average Bonchev–Trinajstić information content (AvgIpc) is 2.94. The molecule has 3 atom stereocenters. The number of carbonyl (C=O) groups excluding carboxylic acids is 2. The van der Waals surface area contributed by atoms with Gasteiger partial charge in [0, 0.05) is 25.0 Å². The molecular weight excluding hydrogens is 504 g/mol. The number of anilines is 1. The fraction of sp³-hybridized carbons (Fsp3) is 0.576. The molecule has 0 radical (unpaired) electrons. The lowest BCUT2D eigenvalue weighted by atomic mass is 9.54. The highest BCUT2D eigenvalue weighted by atomic mass is 16.6. The molecule has 218 valence electrons. The number of likely N-dealkylation sites (N-methyl/N-ethyl adjacent to an activating group) is 1. The first kappa shape index (κ1) is 29.8. The Morgan fingerprint density at radius 3 is 2.40 bits per heavy atom. The van der Waals surface area contributed by atoms with Gasteiger partial charge in [0.2, 0.25) is 0 Å². The number of carbonyl (C=O) groups is 2. The molecule has 2 aromatic rings. The van der Waals surface area contributed by atoms with Crippen molar-refractivity contribution in [3.05, 3.63) is 59.2 Å². The summed E-state index contributed by atoms with van der Waals surface area (Å²) < 4.78 is 17.4. The Morgan fingerprint density at radius 1 is 1.05 bits per heavy atom. The molecule has 2 amide bonds. The second-order valence-corrected chi connectivity index (χ2v) is 12.2. The molecule has 0 bridgehead atoms. The van der Waals surface area contributed by atoms with Crippen LogP contribution in [0, 0.1) is 5.92 Å². The summed E-state index contributed by atoms with van der Waals surface area (Å²) >= 11 is 0. The molecule has 0 aliphatic heterocycles. The number of benzene rings is 2. The number of methoxy groups -OCH3 is 1. The Balaban J connectivity index is 1.72. The lowest BCUT2D eigenvalue weighted by molar-refractivity contribution is 0.0288. The predicted molar refractivity (Wildman–Crippen MR) is 158 cm³/mol. The van der Waals surface area contributed by atoms with Gasteiger partial charge in [0.05, 0.1) is 12.8 Å². The van der Waals surface area contributed by atoms with E-state index in [9.17, 15) is 9.59 Å². The van der Waals surface area contributed by atoms with Gasteiger partial charge in [0.1, 0.15) is 18.0 Å². The fourth-order valence-corrected chi connectivity index (χ4v) is 6.89. The summed E-state index contributed by atoms with van der Waals surface area (Å²) in [6.45, 7) is 10.7. The third-order valence-corrected chi connectivity index (χ3v) is 8.77. The molecule has 1 unspecified atom stereocenters. The van der Waals surface area contributed by atoms with E-state index in [0.717, 1.165) is 43.2 Å². The molecule has 7 heteroatoms. The van der Waals surface area contributed by atoms with Gasteiger partial charge in [-0.05, 0) is 88.1 Å². The van der Waals surface area contributed by atoms with Crippen LogP contribution < -0.4 is 9.64 Å². The van der Waals surface area contributed by atoms with Crippen LogP contribution in [0.25, 0.3) is 0 Å². The van der Waals surface area contributed by atoms with Gasteiger partial charge < -0.3 is 19.1 Å². The van der Waals surface area contributed by atoms with Crippen molar-refractivity contribution in [2.45, 2.75) is 96.8 Å². The van der Waals surface area contributed by atoms with E-state index in [2.05, 4.69) is 19.1 Å². The molecule has 0 spiro atoms. The lowest BCUT2D eigenvalue weighted by Crippen LogP contribution is -2.56. The molecule has 0 aromatic heterocycles. The highest BCUT2D eigenvalue weighted by Gasteiger charge is 2.51. The van der Waals surface area contributed by atoms with Crippen molar-refractivity contribution >= 4 is 17.9 Å². The maximum Gasteiger partial charge on any atom is 0.414 e. The van der Waals surface area contributed by atoms with Crippen molar-refractivity contribution in [3.63, 3.8) is 0 Å². The summed E-state index contributed by atoms with van der Waals surface area (Å²) in [5, 5.41) is 0. The number of rotatable bonds is 7. The van der Waals surface area contributed by atoms with E-state index in [1.807, 2.05) is 62.9 Å². The molecule has 40 heavy (non-hydrogen) atoms. The molecule has 2 aliphatic carbocycles. The zero-order valence-electron chi connectivity index (χ0n) is 25.3. The summed E-state index contributed by atoms with van der Waals surface area (Å²) in [6, 6.07) is 14.0. The first-order valence-corrected chi connectivity index (χ1v) is 14.7. The summed E-state index contributed by atoms with van der Waals surface area (Å²) in [5.41, 5.74) is 3.42. The van der Waals surface area contributed by atoms with E-state index in [0.29, 0.717) is 30.3 Å². The molecule has 0 saturated heterocycles. The van der Waals surface area contributed by atoms with Gasteiger partial charge in [-0.2, -0.15) is 0 Å². The van der Waals surface area contributed by atoms with Gasteiger partial charge in [-0.1, -0.05) is 50.1 Å². The van der Waals surface area contributed by atoms with Crippen molar-refractivity contribution in [1.82, 2.24) is 4.90 Å². The van der Waals surface area contributed by atoms with Gasteiger partial charge >= 0.3 is 12.2 Å². The van der Waals surface area contributed by atoms with E-state index in [1.165, 1.54) is 10.5 Å². The first-order valence-electron chi connectivity index (χ1n) is 14.7. The molecule has 1 saturated carbocycles. The monoisotopic (exact) mass is 550 g/mol. The number of amides is 2. The number of nitrogens with zero attached hydrogens (tertiary/aromatic N) is 2. The smallest absolute Gasteiger partial charge is 0.414 e. The van der Waals surface area contributed by atoms with E-state index in [1.54, 1.807) is 14.2 Å². The largest absolute Gasteiger partial charge is 0.495 e. The van der Waals surface area contributed by atoms with Crippen molar-refractivity contribution in [3.8, 4) is 5.75 Å². The Kier molecular flexibility index (Phi) is 9.01. The minimum atomic E-state index is -0.610. The zero-order valence-corrected chi connectivity index (χ0v) is 25.3. The second-order valence-electron chi connectivity index (χ2n) is 12.2. The molecule has 7 nitrogen and oxygen atoms in total. The van der Waals surface area contributed by atoms with Gasteiger partial charge in [-0.15, -0.1) is 0 Å². The number of fused-ring (bicyclic) bond motifs is 3. The van der Waals surface area contributed by atoms with Crippen LogP contribution in [0.1, 0.15) is 83.4 Å². The fourth-order valence-electron chi connectivity index (χ4n) is 6.89. The maximum absolute atomic E-state index is 13.5. The van der Waals surface area contributed by atoms with Crippen molar-refractivity contribution in [1.29, 1.82) is 0 Å². The van der Waals surface area contributed by atoms with E-state index < -0.39 is 11.7 Å². The summed E-state index contributed by atoms with van der Waals surface area (Å²) in [7, 11) is 3.37. The highest BCUT2D eigenvalue weighted by molar-refractivity contribution is 5.89. The van der Waals surface area contributed by atoms with Gasteiger partial charge in [-0.3, -0.25) is 4.90 Å². The summed E-state index contributed by atoms with van der Waals surface area (Å²) in [5.74, 6) is 0.986. The number of hydrogen-bond acceptors (Lipinski definition) is 5. The molecule has 4 rings (SSSR count). The minimum absolute atomic E-state index is 0.00843. The van der Waals surface area contributed by atoms with Crippen LogP contribution in [-0.2, 0) is 27.9 Å². The average molecular weight is 551 g/mol. The summed E-state index contributed by atoms with van der Waals surface area (Å²) in [4.78, 5) is 30.0. The van der Waals surface area contributed by atoms with Crippen LogP contribution in [-0.4, -0.2) is 49.4 Å². The molecule has 0 N–H and O–H groups in total. The van der Waals surface area contributed by atoms with Crippen molar-refractivity contribution < 1.29 is 23.8 Å². The molecule has 0 heterocycles. The number of hydrogen-bond donors (Lipinski definition) is 0. The van der Waals surface area contributed by atoms with Crippen LogP contribution in [0.2, 0.25) is 0 Å². The molecule has 2 aromatic carbocycles. The highest BCUT2D eigenvalue weighted by Crippen LogP contribution is 2.55. The van der Waals surface area contributed by atoms with E-state index in [4.69, 9.17) is 14.2 Å². The standard InChI is InChI=1S/C33H46N2O5/c1-8-33-18-14-13-17-25(33)27(35(9-2)31(37)39-22-23-15-11-10-12-16-23)19-24-20-28(29(38-7)21-26(24)33)34(6)30(36)40-32(3,4)5/h10-12,15-16,20-21,25,27H,8-9,13-14,17-19,22H2,1-7H3/t25?,27-,33+/m0/s1. The summed E-state index contributed by atoms with van der Waals surface area (Å²) in [6.07, 6.45) is 5.43. The minimum Gasteiger partial charge on any atom is -0.495 e. The lowest BCUT2D eigenvalue weighted by Gasteiger charge is -2.54.